The minimum absolute atomic E-state index is 0.173. The van der Waals surface area contributed by atoms with Crippen molar-refractivity contribution in [2.45, 2.75) is 32.7 Å². The molecule has 2 aromatic rings. The van der Waals surface area contributed by atoms with Crippen molar-refractivity contribution >= 4 is 16.8 Å². The Morgan fingerprint density at radius 1 is 1.30 bits per heavy atom. The molecule has 2 aliphatic rings. The molecule has 1 saturated carbocycles. The highest BCUT2D eigenvalue weighted by Gasteiger charge is 2.43. The molecule has 0 spiro atoms. The summed E-state index contributed by atoms with van der Waals surface area (Å²) in [5.41, 5.74) is 3.83. The lowest BCUT2D eigenvalue weighted by atomic mass is 9.97. The van der Waals surface area contributed by atoms with Crippen molar-refractivity contribution in [1.29, 1.82) is 0 Å². The highest BCUT2D eigenvalue weighted by Crippen LogP contribution is 2.42. The molecule has 1 aliphatic heterocycles. The van der Waals surface area contributed by atoms with Crippen molar-refractivity contribution in [3.63, 3.8) is 0 Å². The van der Waals surface area contributed by atoms with Crippen molar-refractivity contribution < 1.29 is 4.79 Å². The van der Waals surface area contributed by atoms with Crippen LogP contribution in [0.3, 0.4) is 0 Å². The van der Waals surface area contributed by atoms with Gasteiger partial charge in [-0.3, -0.25) is 4.79 Å². The van der Waals surface area contributed by atoms with Crippen molar-refractivity contribution in [3.8, 4) is 0 Å². The number of H-pyrrole nitrogens is 1. The summed E-state index contributed by atoms with van der Waals surface area (Å²) in [7, 11) is 0. The van der Waals surface area contributed by atoms with Crippen LogP contribution in [0.2, 0.25) is 0 Å². The Morgan fingerprint density at radius 2 is 2.05 bits per heavy atom. The van der Waals surface area contributed by atoms with Gasteiger partial charge in [-0.05, 0) is 37.3 Å². The van der Waals surface area contributed by atoms with Gasteiger partial charge in [-0.25, -0.2) is 0 Å². The molecule has 0 radical (unpaired) electrons. The predicted octanol–water partition coefficient (Wildman–Crippen LogP) is 3.27. The molecule has 3 atom stereocenters. The quantitative estimate of drug-likeness (QED) is 0.846. The fraction of sp³-hybridized carbons (Fsp3) is 0.471. The molecule has 104 valence electrons. The summed E-state index contributed by atoms with van der Waals surface area (Å²) < 4.78 is 0. The lowest BCUT2D eigenvalue weighted by Crippen LogP contribution is -2.39. The summed E-state index contributed by atoms with van der Waals surface area (Å²) in [6, 6.07) is 8.62. The maximum Gasteiger partial charge on any atom is 0.226 e. The van der Waals surface area contributed by atoms with Gasteiger partial charge in [0.05, 0.1) is 6.04 Å². The number of rotatable bonds is 1. The van der Waals surface area contributed by atoms with Crippen LogP contribution >= 0.6 is 0 Å². The molecule has 3 unspecified atom stereocenters. The first-order valence-corrected chi connectivity index (χ1v) is 7.56. The van der Waals surface area contributed by atoms with Crippen molar-refractivity contribution in [2.24, 2.45) is 11.8 Å². The van der Waals surface area contributed by atoms with Gasteiger partial charge in [0.1, 0.15) is 0 Å². The molecule has 0 bridgehead atoms. The lowest BCUT2D eigenvalue weighted by Gasteiger charge is -2.34. The molecule has 3 nitrogen and oxygen atoms in total. The Balaban J connectivity index is 1.71. The van der Waals surface area contributed by atoms with E-state index in [-0.39, 0.29) is 12.0 Å². The number of para-hydroxylation sites is 1. The number of nitrogens with one attached hydrogen (secondary N) is 1. The predicted molar refractivity (Wildman–Crippen MR) is 79.4 cm³/mol. The second-order valence-corrected chi connectivity index (χ2v) is 6.34. The molecule has 1 amide bonds. The van der Waals surface area contributed by atoms with E-state index in [1.165, 1.54) is 22.2 Å². The second kappa shape index (κ2) is 4.11. The van der Waals surface area contributed by atoms with Gasteiger partial charge in [-0.2, -0.15) is 0 Å². The highest BCUT2D eigenvalue weighted by atomic mass is 16.2. The van der Waals surface area contributed by atoms with Crippen LogP contribution in [0.5, 0.6) is 0 Å². The average Bonchev–Trinajstić information content (AvgIpc) is 3.06. The van der Waals surface area contributed by atoms with E-state index in [1.807, 2.05) is 0 Å². The minimum atomic E-state index is 0.173. The van der Waals surface area contributed by atoms with Gasteiger partial charge in [0, 0.05) is 29.1 Å². The zero-order valence-electron chi connectivity index (χ0n) is 12.0. The minimum Gasteiger partial charge on any atom is -0.356 e. The molecule has 3 heteroatoms. The number of amides is 1. The van der Waals surface area contributed by atoms with Gasteiger partial charge in [0.2, 0.25) is 5.91 Å². The molecule has 4 rings (SSSR count). The van der Waals surface area contributed by atoms with Crippen LogP contribution in [0.15, 0.2) is 24.3 Å². The summed E-state index contributed by atoms with van der Waals surface area (Å²) in [6.07, 6.45) is 2.04. The number of carbonyl (C=O) groups is 1. The fourth-order valence-electron chi connectivity index (χ4n) is 3.61. The van der Waals surface area contributed by atoms with Crippen LogP contribution in [0.4, 0.5) is 0 Å². The normalized spacial score (nSPS) is 28.5. The zero-order chi connectivity index (χ0) is 13.9. The first kappa shape index (κ1) is 12.0. The van der Waals surface area contributed by atoms with Crippen molar-refractivity contribution in [3.05, 3.63) is 35.5 Å². The zero-order valence-corrected chi connectivity index (χ0v) is 12.0. The van der Waals surface area contributed by atoms with Crippen molar-refractivity contribution in [2.75, 3.05) is 6.54 Å². The topological polar surface area (TPSA) is 36.1 Å². The molecule has 2 heterocycles. The first-order chi connectivity index (χ1) is 9.66. The number of fused-ring (bicyclic) bond motifs is 3. The Labute approximate surface area is 119 Å². The Bertz CT molecular complexity index is 687. The van der Waals surface area contributed by atoms with Crippen molar-refractivity contribution in [1.82, 2.24) is 9.88 Å². The van der Waals surface area contributed by atoms with Gasteiger partial charge in [-0.15, -0.1) is 0 Å². The summed E-state index contributed by atoms with van der Waals surface area (Å²) in [5, 5.41) is 1.32. The van der Waals surface area contributed by atoms with E-state index in [1.54, 1.807) is 0 Å². The van der Waals surface area contributed by atoms with Gasteiger partial charge >= 0.3 is 0 Å². The number of aromatic amines is 1. The summed E-state index contributed by atoms with van der Waals surface area (Å²) in [6.45, 7) is 5.18. The van der Waals surface area contributed by atoms with Gasteiger partial charge < -0.3 is 9.88 Å². The summed E-state index contributed by atoms with van der Waals surface area (Å²) in [5.74, 6) is 1.22. The van der Waals surface area contributed by atoms with E-state index in [0.29, 0.717) is 11.8 Å². The summed E-state index contributed by atoms with van der Waals surface area (Å²) in [4.78, 5) is 18.1. The SMILES string of the molecule is CC1CC1C(=O)N1CCc2c([nH]c3ccccc23)C1C. The highest BCUT2D eigenvalue weighted by molar-refractivity contribution is 5.87. The molecule has 1 fully saturated rings. The number of carbonyl (C=O) groups excluding carboxylic acids is 1. The van der Waals surface area contributed by atoms with E-state index in [9.17, 15) is 4.79 Å². The summed E-state index contributed by atoms with van der Waals surface area (Å²) >= 11 is 0. The molecule has 1 aliphatic carbocycles. The van der Waals surface area contributed by atoms with E-state index < -0.39 is 0 Å². The molecule has 20 heavy (non-hydrogen) atoms. The monoisotopic (exact) mass is 268 g/mol. The van der Waals surface area contributed by atoms with Gasteiger partial charge in [0.25, 0.3) is 0 Å². The van der Waals surface area contributed by atoms with Crippen LogP contribution in [0.1, 0.15) is 37.6 Å². The maximum atomic E-state index is 12.5. The Kier molecular flexibility index (Phi) is 2.47. The third kappa shape index (κ3) is 1.62. The van der Waals surface area contributed by atoms with E-state index in [4.69, 9.17) is 0 Å². The standard InChI is InChI=1S/C17H20N2O/c1-10-9-14(10)17(20)19-8-7-13-12-5-3-4-6-15(12)18-16(13)11(19)2/h3-6,10-11,14,18H,7-9H2,1-2H3. The molecule has 1 aromatic carbocycles. The number of nitrogens with zero attached hydrogens (tertiary/aromatic N) is 1. The van der Waals surface area contributed by atoms with Crippen LogP contribution < -0.4 is 0 Å². The molecule has 0 saturated heterocycles. The number of benzene rings is 1. The first-order valence-electron chi connectivity index (χ1n) is 7.56. The third-order valence-electron chi connectivity index (χ3n) is 5.04. The van der Waals surface area contributed by atoms with E-state index in [2.05, 4.69) is 48.0 Å². The van der Waals surface area contributed by atoms with Crippen LogP contribution in [0.25, 0.3) is 10.9 Å². The number of hydrogen-bond donors (Lipinski definition) is 1. The Morgan fingerprint density at radius 3 is 2.80 bits per heavy atom. The largest absolute Gasteiger partial charge is 0.356 e. The average molecular weight is 268 g/mol. The second-order valence-electron chi connectivity index (χ2n) is 6.34. The molecular weight excluding hydrogens is 248 g/mol. The molecule has 1 aromatic heterocycles. The Hall–Kier alpha value is -1.77. The lowest BCUT2D eigenvalue weighted by molar-refractivity contribution is -0.135. The maximum absolute atomic E-state index is 12.5. The van der Waals surface area contributed by atoms with Crippen LogP contribution in [0, 0.1) is 11.8 Å². The molecule has 1 N–H and O–H groups in total. The smallest absolute Gasteiger partial charge is 0.226 e. The fourth-order valence-corrected chi connectivity index (χ4v) is 3.61. The van der Waals surface area contributed by atoms with E-state index in [0.717, 1.165) is 19.4 Å². The molecular formula is C17H20N2O. The van der Waals surface area contributed by atoms with Crippen LogP contribution in [-0.4, -0.2) is 22.3 Å². The van der Waals surface area contributed by atoms with Crippen LogP contribution in [-0.2, 0) is 11.2 Å². The number of aromatic nitrogens is 1. The van der Waals surface area contributed by atoms with Gasteiger partial charge in [0.15, 0.2) is 0 Å². The van der Waals surface area contributed by atoms with Gasteiger partial charge in [-0.1, -0.05) is 25.1 Å². The number of hydrogen-bond acceptors (Lipinski definition) is 1. The third-order valence-corrected chi connectivity index (χ3v) is 5.04. The van der Waals surface area contributed by atoms with E-state index >= 15 is 0 Å².